The first-order valence-electron chi connectivity index (χ1n) is 8.95. The van der Waals surface area contributed by atoms with E-state index in [4.69, 9.17) is 20.6 Å². The highest BCUT2D eigenvalue weighted by Crippen LogP contribution is 2.33. The van der Waals surface area contributed by atoms with Gasteiger partial charge in [-0.3, -0.25) is 0 Å². The molecule has 0 radical (unpaired) electrons. The first-order valence-corrected chi connectivity index (χ1v) is 8.95. The predicted octanol–water partition coefficient (Wildman–Crippen LogP) is 3.97. The summed E-state index contributed by atoms with van der Waals surface area (Å²) in [6, 6.07) is 11.3. The van der Waals surface area contributed by atoms with Crippen LogP contribution in [0.2, 0.25) is 0 Å². The van der Waals surface area contributed by atoms with Crippen LogP contribution < -0.4 is 14.2 Å². The molecule has 0 fully saturated rings. The van der Waals surface area contributed by atoms with Crippen molar-refractivity contribution in [3.63, 3.8) is 0 Å². The number of ether oxygens (including phenoxy) is 3. The zero-order chi connectivity index (χ0) is 20.1. The molecule has 6 nitrogen and oxygen atoms in total. The first-order chi connectivity index (χ1) is 13.6. The SMILES string of the molecule is C#Cc1cc(OC)c(-n2cc(-c3ccccc3OCC(C)C)nn2)cc1OC. The van der Waals surface area contributed by atoms with Gasteiger partial charge in [-0.2, -0.15) is 0 Å². The quantitative estimate of drug-likeness (QED) is 0.583. The topological polar surface area (TPSA) is 58.4 Å². The number of methoxy groups -OCH3 is 2. The highest BCUT2D eigenvalue weighted by atomic mass is 16.5. The third-order valence-electron chi connectivity index (χ3n) is 4.13. The lowest BCUT2D eigenvalue weighted by Gasteiger charge is -2.12. The van der Waals surface area contributed by atoms with Gasteiger partial charge in [0.15, 0.2) is 0 Å². The summed E-state index contributed by atoms with van der Waals surface area (Å²) in [6.07, 6.45) is 7.37. The molecule has 3 rings (SSSR count). The molecule has 3 aromatic rings. The maximum atomic E-state index is 5.94. The largest absolute Gasteiger partial charge is 0.495 e. The van der Waals surface area contributed by atoms with E-state index in [0.717, 1.165) is 11.3 Å². The Balaban J connectivity index is 2.01. The van der Waals surface area contributed by atoms with Gasteiger partial charge in [0.25, 0.3) is 0 Å². The Bertz CT molecular complexity index is 1000. The Kier molecular flexibility index (Phi) is 5.85. The second-order valence-electron chi connectivity index (χ2n) is 6.62. The van der Waals surface area contributed by atoms with Gasteiger partial charge in [0.05, 0.1) is 32.6 Å². The van der Waals surface area contributed by atoms with E-state index in [9.17, 15) is 0 Å². The molecule has 0 amide bonds. The number of nitrogens with zero attached hydrogens (tertiary/aromatic N) is 3. The highest BCUT2D eigenvalue weighted by Gasteiger charge is 2.16. The molecule has 0 aliphatic heterocycles. The normalized spacial score (nSPS) is 10.6. The van der Waals surface area contributed by atoms with Gasteiger partial charge in [-0.05, 0) is 18.1 Å². The van der Waals surface area contributed by atoms with Crippen molar-refractivity contribution in [3.8, 4) is 46.5 Å². The molecule has 0 N–H and O–H groups in total. The molecule has 0 saturated heterocycles. The van der Waals surface area contributed by atoms with Crippen molar-refractivity contribution in [2.75, 3.05) is 20.8 Å². The molecule has 1 aromatic heterocycles. The van der Waals surface area contributed by atoms with Crippen molar-refractivity contribution in [3.05, 3.63) is 48.2 Å². The van der Waals surface area contributed by atoms with Gasteiger partial charge in [0.2, 0.25) is 0 Å². The fraction of sp³-hybridized carbons (Fsp3) is 0.273. The molecule has 0 bridgehead atoms. The van der Waals surface area contributed by atoms with Crippen molar-refractivity contribution in [2.24, 2.45) is 5.92 Å². The van der Waals surface area contributed by atoms with Gasteiger partial charge >= 0.3 is 0 Å². The standard InChI is InChI=1S/C22H23N3O3/c1-6-16-11-22(27-5)19(12-21(16)26-4)25-13-18(23-24-25)17-9-7-8-10-20(17)28-14-15(2)3/h1,7-13,15H,14H2,2-5H3. The van der Waals surface area contributed by atoms with Gasteiger partial charge < -0.3 is 14.2 Å². The van der Waals surface area contributed by atoms with Crippen molar-refractivity contribution >= 4 is 0 Å². The van der Waals surface area contributed by atoms with E-state index in [0.29, 0.717) is 41.0 Å². The fourth-order valence-corrected chi connectivity index (χ4v) is 2.74. The summed E-state index contributed by atoms with van der Waals surface area (Å²) >= 11 is 0. The Labute approximate surface area is 165 Å². The van der Waals surface area contributed by atoms with Crippen LogP contribution in [0, 0.1) is 18.3 Å². The number of hydrogen-bond acceptors (Lipinski definition) is 5. The van der Waals surface area contributed by atoms with Crippen molar-refractivity contribution in [2.45, 2.75) is 13.8 Å². The van der Waals surface area contributed by atoms with Crippen molar-refractivity contribution < 1.29 is 14.2 Å². The van der Waals surface area contributed by atoms with E-state index in [-0.39, 0.29) is 0 Å². The molecule has 0 atom stereocenters. The van der Waals surface area contributed by atoms with Gasteiger partial charge in [0, 0.05) is 17.7 Å². The molecule has 0 unspecified atom stereocenters. The van der Waals surface area contributed by atoms with Crippen LogP contribution in [0.25, 0.3) is 16.9 Å². The maximum Gasteiger partial charge on any atom is 0.146 e. The number of terminal acetylenes is 1. The van der Waals surface area contributed by atoms with Crippen LogP contribution >= 0.6 is 0 Å². The molecule has 6 heteroatoms. The zero-order valence-electron chi connectivity index (χ0n) is 16.5. The minimum absolute atomic E-state index is 0.426. The summed E-state index contributed by atoms with van der Waals surface area (Å²) in [7, 11) is 3.15. The third-order valence-corrected chi connectivity index (χ3v) is 4.13. The van der Waals surface area contributed by atoms with Crippen LogP contribution in [0.4, 0.5) is 0 Å². The van der Waals surface area contributed by atoms with Crippen LogP contribution in [0.15, 0.2) is 42.6 Å². The van der Waals surface area contributed by atoms with E-state index < -0.39 is 0 Å². The molecule has 0 saturated carbocycles. The fourth-order valence-electron chi connectivity index (χ4n) is 2.74. The Morgan fingerprint density at radius 2 is 1.82 bits per heavy atom. The summed E-state index contributed by atoms with van der Waals surface area (Å²) in [5, 5.41) is 8.58. The van der Waals surface area contributed by atoms with Gasteiger partial charge in [0.1, 0.15) is 28.6 Å². The van der Waals surface area contributed by atoms with Gasteiger partial charge in [-0.25, -0.2) is 4.68 Å². The lowest BCUT2D eigenvalue weighted by molar-refractivity contribution is 0.272. The number of hydrogen-bond donors (Lipinski definition) is 0. The maximum absolute atomic E-state index is 5.94. The van der Waals surface area contributed by atoms with E-state index in [1.54, 1.807) is 31.0 Å². The van der Waals surface area contributed by atoms with E-state index in [2.05, 4.69) is 30.1 Å². The Hall–Kier alpha value is -3.46. The van der Waals surface area contributed by atoms with Crippen LogP contribution in [0.5, 0.6) is 17.2 Å². The van der Waals surface area contributed by atoms with E-state index in [1.807, 2.05) is 30.5 Å². The van der Waals surface area contributed by atoms with Crippen LogP contribution in [0.1, 0.15) is 19.4 Å². The highest BCUT2D eigenvalue weighted by molar-refractivity contribution is 5.67. The number of para-hydroxylation sites is 1. The number of rotatable bonds is 7. The average molecular weight is 377 g/mol. The third kappa shape index (κ3) is 3.94. The summed E-state index contributed by atoms with van der Waals surface area (Å²) in [4.78, 5) is 0. The first kappa shape index (κ1) is 19.3. The molecule has 28 heavy (non-hydrogen) atoms. The summed E-state index contributed by atoms with van der Waals surface area (Å²) in [5.74, 6) is 4.94. The molecule has 0 aliphatic carbocycles. The lowest BCUT2D eigenvalue weighted by Crippen LogP contribution is -2.05. The molecule has 0 aliphatic rings. The van der Waals surface area contributed by atoms with Crippen molar-refractivity contribution in [1.82, 2.24) is 15.0 Å². The van der Waals surface area contributed by atoms with E-state index >= 15 is 0 Å². The monoisotopic (exact) mass is 377 g/mol. The van der Waals surface area contributed by atoms with Gasteiger partial charge in [-0.15, -0.1) is 11.5 Å². The zero-order valence-corrected chi connectivity index (χ0v) is 16.5. The summed E-state index contributed by atoms with van der Waals surface area (Å²) in [5.41, 5.74) is 2.86. The van der Waals surface area contributed by atoms with Gasteiger partial charge in [-0.1, -0.05) is 37.1 Å². The van der Waals surface area contributed by atoms with Crippen LogP contribution in [-0.4, -0.2) is 35.8 Å². The molecule has 1 heterocycles. The molecular formula is C22H23N3O3. The number of aromatic nitrogens is 3. The van der Waals surface area contributed by atoms with Crippen LogP contribution in [0.3, 0.4) is 0 Å². The van der Waals surface area contributed by atoms with Crippen LogP contribution in [-0.2, 0) is 0 Å². The van der Waals surface area contributed by atoms with E-state index in [1.165, 1.54) is 0 Å². The molecule has 144 valence electrons. The smallest absolute Gasteiger partial charge is 0.146 e. The Morgan fingerprint density at radius 1 is 1.07 bits per heavy atom. The number of benzene rings is 2. The molecule has 2 aromatic carbocycles. The lowest BCUT2D eigenvalue weighted by atomic mass is 10.1. The minimum Gasteiger partial charge on any atom is -0.495 e. The minimum atomic E-state index is 0.426. The Morgan fingerprint density at radius 3 is 2.50 bits per heavy atom. The predicted molar refractivity (Wildman–Crippen MR) is 108 cm³/mol. The summed E-state index contributed by atoms with van der Waals surface area (Å²) < 4.78 is 18.4. The van der Waals surface area contributed by atoms with Crippen molar-refractivity contribution in [1.29, 1.82) is 0 Å². The summed E-state index contributed by atoms with van der Waals surface area (Å²) in [6.45, 7) is 4.85. The molecular weight excluding hydrogens is 354 g/mol. The molecule has 0 spiro atoms. The average Bonchev–Trinajstić information content (AvgIpc) is 3.21. The second-order valence-corrected chi connectivity index (χ2v) is 6.62. The second kappa shape index (κ2) is 8.49.